The van der Waals surface area contributed by atoms with Crippen molar-refractivity contribution < 1.29 is 17.9 Å². The van der Waals surface area contributed by atoms with Crippen molar-refractivity contribution >= 4 is 27.7 Å². The van der Waals surface area contributed by atoms with E-state index < -0.39 is 11.9 Å². The maximum absolute atomic E-state index is 12.2. The molecule has 0 aliphatic rings. The predicted octanol–water partition coefficient (Wildman–Crippen LogP) is 5.20. The molecule has 0 aliphatic carbocycles. The number of ether oxygens (including phenoxy) is 1. The van der Waals surface area contributed by atoms with Crippen LogP contribution >= 0.6 is 27.7 Å². The van der Waals surface area contributed by atoms with Crippen LogP contribution in [0.1, 0.15) is 18.4 Å². The highest BCUT2D eigenvalue weighted by atomic mass is 79.9. The van der Waals surface area contributed by atoms with Gasteiger partial charge in [0.2, 0.25) is 0 Å². The molecule has 0 saturated carbocycles. The lowest BCUT2D eigenvalue weighted by Gasteiger charge is -2.11. The molecule has 0 fully saturated rings. The van der Waals surface area contributed by atoms with Gasteiger partial charge in [-0.3, -0.25) is 0 Å². The maximum Gasteiger partial charge on any atom is 0.398 e. The van der Waals surface area contributed by atoms with E-state index in [2.05, 4.69) is 15.9 Å². The lowest BCUT2D eigenvalue weighted by Crippen LogP contribution is -2.10. The minimum absolute atomic E-state index is 0.582. The van der Waals surface area contributed by atoms with E-state index in [1.165, 1.54) is 0 Å². The molecule has 0 N–H and O–H groups in total. The van der Waals surface area contributed by atoms with E-state index in [9.17, 15) is 13.2 Å². The van der Waals surface area contributed by atoms with E-state index in [1.54, 1.807) is 18.2 Å². The summed E-state index contributed by atoms with van der Waals surface area (Å²) in [6.45, 7) is 2.47. The molecule has 0 unspecified atom stereocenters. The molecule has 1 nitrogen and oxygen atoms in total. The Morgan fingerprint density at radius 3 is 2.63 bits per heavy atom. The van der Waals surface area contributed by atoms with Gasteiger partial charge in [-0.2, -0.15) is 13.2 Å². The Balaban J connectivity index is 2.56. The van der Waals surface area contributed by atoms with Crippen molar-refractivity contribution in [3.63, 3.8) is 0 Å². The zero-order valence-electron chi connectivity index (χ0n) is 10.6. The normalized spacial score (nSPS) is 11.6. The second-order valence-corrected chi connectivity index (χ2v) is 5.92. The Bertz CT molecular complexity index is 396. The molecule has 0 bridgehead atoms. The number of halogens is 4. The summed E-state index contributed by atoms with van der Waals surface area (Å²) >= 11 is 4.12. The van der Waals surface area contributed by atoms with Gasteiger partial charge < -0.3 is 4.74 Å². The van der Waals surface area contributed by atoms with Crippen molar-refractivity contribution in [2.45, 2.75) is 30.8 Å². The molecule has 0 amide bonds. The van der Waals surface area contributed by atoms with Gasteiger partial charge in [0, 0.05) is 10.2 Å². The SMILES string of the molecule is Cc1ccc(SCC(F)(F)F)cc1OCCCCBr. The largest absolute Gasteiger partial charge is 0.493 e. The maximum atomic E-state index is 12.2. The number of unbranched alkanes of at least 4 members (excludes halogenated alkanes) is 1. The Labute approximate surface area is 124 Å². The lowest BCUT2D eigenvalue weighted by atomic mass is 10.2. The summed E-state index contributed by atoms with van der Waals surface area (Å²) in [5, 5.41) is 0.927. The second-order valence-electron chi connectivity index (χ2n) is 4.08. The highest BCUT2D eigenvalue weighted by Crippen LogP contribution is 2.30. The molecule has 0 spiro atoms. The van der Waals surface area contributed by atoms with Gasteiger partial charge in [-0.1, -0.05) is 22.0 Å². The van der Waals surface area contributed by atoms with Crippen LogP contribution in [0.3, 0.4) is 0 Å². The average Bonchev–Trinajstić information content (AvgIpc) is 2.34. The third-order valence-electron chi connectivity index (χ3n) is 2.35. The zero-order chi connectivity index (χ0) is 14.3. The summed E-state index contributed by atoms with van der Waals surface area (Å²) in [6, 6.07) is 5.16. The fraction of sp³-hybridized carbons (Fsp3) is 0.538. The molecule has 0 atom stereocenters. The van der Waals surface area contributed by atoms with Gasteiger partial charge in [0.15, 0.2) is 0 Å². The summed E-state index contributed by atoms with van der Waals surface area (Å²) in [4.78, 5) is 0.582. The standard InChI is InChI=1S/C13H16BrF3OS/c1-10-4-5-11(19-9-13(15,16)17)8-12(10)18-7-3-2-6-14/h4-5,8H,2-3,6-7,9H2,1H3. The molecule has 19 heavy (non-hydrogen) atoms. The number of alkyl halides is 4. The first-order valence-electron chi connectivity index (χ1n) is 5.91. The van der Waals surface area contributed by atoms with Gasteiger partial charge >= 0.3 is 6.18 Å². The minimum Gasteiger partial charge on any atom is -0.493 e. The summed E-state index contributed by atoms with van der Waals surface area (Å²) in [5.74, 6) is -0.208. The van der Waals surface area contributed by atoms with E-state index in [0.29, 0.717) is 17.3 Å². The van der Waals surface area contributed by atoms with Crippen LogP contribution in [-0.2, 0) is 0 Å². The quantitative estimate of drug-likeness (QED) is 0.377. The first-order valence-corrected chi connectivity index (χ1v) is 8.02. The van der Waals surface area contributed by atoms with Crippen LogP contribution in [-0.4, -0.2) is 23.9 Å². The van der Waals surface area contributed by atoms with E-state index in [4.69, 9.17) is 4.74 Å². The van der Waals surface area contributed by atoms with E-state index >= 15 is 0 Å². The van der Waals surface area contributed by atoms with Crippen molar-refractivity contribution in [1.29, 1.82) is 0 Å². The number of aryl methyl sites for hydroxylation is 1. The second kappa shape index (κ2) is 8.04. The van der Waals surface area contributed by atoms with Crippen LogP contribution in [0.25, 0.3) is 0 Å². The van der Waals surface area contributed by atoms with Crippen molar-refractivity contribution in [1.82, 2.24) is 0 Å². The molecular formula is C13H16BrF3OS. The zero-order valence-corrected chi connectivity index (χ0v) is 13.0. The molecule has 0 saturated heterocycles. The predicted molar refractivity (Wildman–Crippen MR) is 76.5 cm³/mol. The fourth-order valence-corrected chi connectivity index (χ4v) is 2.45. The molecule has 1 aromatic carbocycles. The van der Waals surface area contributed by atoms with E-state index in [-0.39, 0.29) is 0 Å². The van der Waals surface area contributed by atoms with Crippen molar-refractivity contribution in [2.75, 3.05) is 17.7 Å². The third-order valence-corrected chi connectivity index (χ3v) is 3.97. The lowest BCUT2D eigenvalue weighted by molar-refractivity contribution is -0.105. The summed E-state index contributed by atoms with van der Waals surface area (Å²) < 4.78 is 42.1. The van der Waals surface area contributed by atoms with Gasteiger partial charge in [0.1, 0.15) is 5.75 Å². The highest BCUT2D eigenvalue weighted by Gasteiger charge is 2.27. The molecule has 0 aliphatic heterocycles. The van der Waals surface area contributed by atoms with Crippen LogP contribution < -0.4 is 4.74 Å². The Hall–Kier alpha value is -0.360. The van der Waals surface area contributed by atoms with Gasteiger partial charge in [-0.05, 0) is 37.5 Å². The molecule has 0 radical (unpaired) electrons. The average molecular weight is 357 g/mol. The molecule has 1 rings (SSSR count). The number of benzene rings is 1. The third kappa shape index (κ3) is 7.11. The van der Waals surface area contributed by atoms with E-state index in [0.717, 1.165) is 35.5 Å². The summed E-state index contributed by atoms with van der Waals surface area (Å²) in [6.07, 6.45) is -2.21. The van der Waals surface area contributed by atoms with Crippen LogP contribution in [0.2, 0.25) is 0 Å². The Morgan fingerprint density at radius 1 is 1.26 bits per heavy atom. The van der Waals surface area contributed by atoms with Crippen molar-refractivity contribution in [3.8, 4) is 5.75 Å². The van der Waals surface area contributed by atoms with Gasteiger partial charge in [-0.25, -0.2) is 0 Å². The van der Waals surface area contributed by atoms with Crippen LogP contribution in [0.5, 0.6) is 5.75 Å². The monoisotopic (exact) mass is 356 g/mol. The van der Waals surface area contributed by atoms with Gasteiger partial charge in [-0.15, -0.1) is 11.8 Å². The van der Waals surface area contributed by atoms with Crippen LogP contribution in [0.4, 0.5) is 13.2 Å². The van der Waals surface area contributed by atoms with Crippen LogP contribution in [0, 0.1) is 6.92 Å². The molecule has 0 heterocycles. The fourth-order valence-electron chi connectivity index (χ4n) is 1.37. The molecule has 6 heteroatoms. The summed E-state index contributed by atoms with van der Waals surface area (Å²) in [5.41, 5.74) is 0.940. The number of rotatable bonds is 7. The molecular weight excluding hydrogens is 341 g/mol. The summed E-state index contributed by atoms with van der Waals surface area (Å²) in [7, 11) is 0. The Morgan fingerprint density at radius 2 is 2.00 bits per heavy atom. The van der Waals surface area contributed by atoms with Crippen molar-refractivity contribution in [3.05, 3.63) is 23.8 Å². The molecule has 108 valence electrons. The number of hydrogen-bond acceptors (Lipinski definition) is 2. The van der Waals surface area contributed by atoms with Crippen LogP contribution in [0.15, 0.2) is 23.1 Å². The van der Waals surface area contributed by atoms with E-state index in [1.807, 2.05) is 6.92 Å². The molecule has 0 aromatic heterocycles. The minimum atomic E-state index is -4.15. The first-order chi connectivity index (χ1) is 8.92. The smallest absolute Gasteiger partial charge is 0.398 e. The Kier molecular flexibility index (Phi) is 7.07. The van der Waals surface area contributed by atoms with Crippen molar-refractivity contribution in [2.24, 2.45) is 0 Å². The number of thioether (sulfide) groups is 1. The van der Waals surface area contributed by atoms with Gasteiger partial charge in [0.25, 0.3) is 0 Å². The number of hydrogen-bond donors (Lipinski definition) is 0. The molecule has 1 aromatic rings. The van der Waals surface area contributed by atoms with Gasteiger partial charge in [0.05, 0.1) is 12.4 Å². The highest BCUT2D eigenvalue weighted by molar-refractivity contribution is 9.09. The first kappa shape index (κ1) is 16.7. The topological polar surface area (TPSA) is 9.23 Å².